The van der Waals surface area contributed by atoms with E-state index in [4.69, 9.17) is 27.2 Å². The highest BCUT2D eigenvalue weighted by Gasteiger charge is 2.46. The first-order valence-electron chi connectivity index (χ1n) is 8.39. The van der Waals surface area contributed by atoms with E-state index in [1.54, 1.807) is 13.8 Å². The van der Waals surface area contributed by atoms with Gasteiger partial charge in [0.2, 0.25) is 0 Å². The number of amides is 1. The van der Waals surface area contributed by atoms with Crippen LogP contribution in [-0.4, -0.2) is 77.9 Å². The fourth-order valence-corrected chi connectivity index (χ4v) is 4.81. The molecular weight excluding hydrogens is 349 g/mol. The second kappa shape index (κ2) is 8.76. The fourth-order valence-electron chi connectivity index (χ4n) is 3.03. The summed E-state index contributed by atoms with van der Waals surface area (Å²) in [7, 11) is -5.44. The van der Waals surface area contributed by atoms with Crippen LogP contribution in [0.3, 0.4) is 0 Å². The van der Waals surface area contributed by atoms with E-state index in [9.17, 15) is 13.2 Å². The van der Waals surface area contributed by atoms with Crippen LogP contribution >= 0.6 is 0 Å². The summed E-state index contributed by atoms with van der Waals surface area (Å²) in [5, 5.41) is 17.9. The number of carbonyl (C=O) groups is 1. The third-order valence-electron chi connectivity index (χ3n) is 4.60. The number of likely N-dealkylation sites (N-methyl/N-ethyl adjacent to an activating group) is 1. The van der Waals surface area contributed by atoms with Crippen LogP contribution in [0.4, 0.5) is 0 Å². The molecule has 1 amide bonds. The zero-order valence-corrected chi connectivity index (χ0v) is 15.7. The molecule has 0 spiro atoms. The van der Waals surface area contributed by atoms with Gasteiger partial charge < -0.3 is 27.2 Å². The molecular formula is C13H30BN5O5S. The van der Waals surface area contributed by atoms with Gasteiger partial charge in [-0.05, 0) is 32.5 Å². The van der Waals surface area contributed by atoms with Crippen molar-refractivity contribution in [2.75, 3.05) is 26.2 Å². The largest absolute Gasteiger partial charge is 0.451 e. The molecule has 146 valence electrons. The second-order valence-electron chi connectivity index (χ2n) is 6.76. The summed E-state index contributed by atoms with van der Waals surface area (Å²) in [5.41, 5.74) is 16.4. The Morgan fingerprint density at radius 2 is 2.08 bits per heavy atom. The standard InChI is InChI=1S/C13H30BN5O5S/c1-3-19(12(20)11(16)7-15)25(23,24)18-8-10(13(2,17)9-18)5-4-6-14(21)22/h10-11,21-22H,3-9,15-17H2,1-2H3/t10-,11?,13-/m0/s1. The Morgan fingerprint density at radius 1 is 1.48 bits per heavy atom. The second-order valence-corrected chi connectivity index (χ2v) is 8.61. The van der Waals surface area contributed by atoms with E-state index in [0.717, 1.165) is 4.31 Å². The van der Waals surface area contributed by atoms with E-state index in [0.29, 0.717) is 12.8 Å². The molecule has 0 aromatic rings. The predicted molar refractivity (Wildman–Crippen MR) is 95.2 cm³/mol. The van der Waals surface area contributed by atoms with Crippen LogP contribution in [-0.2, 0) is 15.0 Å². The van der Waals surface area contributed by atoms with Gasteiger partial charge in [0, 0.05) is 31.7 Å². The summed E-state index contributed by atoms with van der Waals surface area (Å²) in [6, 6.07) is -1.08. The topological polar surface area (TPSA) is 176 Å². The highest BCUT2D eigenvalue weighted by atomic mass is 32.2. The summed E-state index contributed by atoms with van der Waals surface area (Å²) in [6.07, 6.45) is 1.26. The SMILES string of the molecule is CCN(C(=O)C(N)CN)S(=O)(=O)N1C[C@H](CCCB(O)O)[C@@](C)(N)C1. The third kappa shape index (κ3) is 5.36. The molecule has 1 saturated heterocycles. The molecule has 0 aliphatic carbocycles. The molecule has 0 aromatic carbocycles. The highest BCUT2D eigenvalue weighted by molar-refractivity contribution is 7.87. The Hall–Kier alpha value is -0.755. The average molecular weight is 379 g/mol. The molecule has 1 unspecified atom stereocenters. The lowest BCUT2D eigenvalue weighted by molar-refractivity contribution is -0.127. The van der Waals surface area contributed by atoms with Gasteiger partial charge in [-0.3, -0.25) is 4.79 Å². The molecule has 12 heteroatoms. The van der Waals surface area contributed by atoms with Crippen LogP contribution in [0.15, 0.2) is 0 Å². The van der Waals surface area contributed by atoms with Crippen LogP contribution in [0.5, 0.6) is 0 Å². The lowest BCUT2D eigenvalue weighted by Crippen LogP contribution is -2.54. The molecule has 1 aliphatic heterocycles. The number of nitrogens with two attached hydrogens (primary N) is 3. The summed E-state index contributed by atoms with van der Waals surface area (Å²) >= 11 is 0. The lowest BCUT2D eigenvalue weighted by Gasteiger charge is -2.28. The van der Waals surface area contributed by atoms with Crippen molar-refractivity contribution in [3.8, 4) is 0 Å². The maximum Gasteiger partial charge on any atom is 0.451 e. The van der Waals surface area contributed by atoms with E-state index in [1.165, 1.54) is 4.31 Å². The van der Waals surface area contributed by atoms with Gasteiger partial charge in [0.05, 0.1) is 6.04 Å². The van der Waals surface area contributed by atoms with Crippen molar-refractivity contribution in [3.05, 3.63) is 0 Å². The minimum Gasteiger partial charge on any atom is -0.427 e. The molecule has 0 radical (unpaired) electrons. The Labute approximate surface area is 149 Å². The minimum atomic E-state index is -4.05. The smallest absolute Gasteiger partial charge is 0.427 e. The molecule has 25 heavy (non-hydrogen) atoms. The molecule has 0 bridgehead atoms. The van der Waals surface area contributed by atoms with Gasteiger partial charge in [0.25, 0.3) is 5.91 Å². The molecule has 1 aliphatic rings. The van der Waals surface area contributed by atoms with Gasteiger partial charge in [-0.25, -0.2) is 4.31 Å². The first-order valence-corrected chi connectivity index (χ1v) is 9.79. The normalized spacial score (nSPS) is 25.8. The Kier molecular flexibility index (Phi) is 7.81. The van der Waals surface area contributed by atoms with Crippen molar-refractivity contribution in [2.45, 2.75) is 44.6 Å². The monoisotopic (exact) mass is 379 g/mol. The van der Waals surface area contributed by atoms with Gasteiger partial charge in [0.15, 0.2) is 0 Å². The van der Waals surface area contributed by atoms with Crippen LogP contribution < -0.4 is 17.2 Å². The van der Waals surface area contributed by atoms with Crippen molar-refractivity contribution in [2.24, 2.45) is 23.1 Å². The Morgan fingerprint density at radius 3 is 2.56 bits per heavy atom. The van der Waals surface area contributed by atoms with Crippen molar-refractivity contribution in [1.82, 2.24) is 8.61 Å². The van der Waals surface area contributed by atoms with Crippen molar-refractivity contribution >= 4 is 23.2 Å². The summed E-state index contributed by atoms with van der Waals surface area (Å²) < 4.78 is 27.6. The third-order valence-corrected chi connectivity index (χ3v) is 6.52. The van der Waals surface area contributed by atoms with Gasteiger partial charge in [-0.1, -0.05) is 6.42 Å². The number of hydrogen-bond donors (Lipinski definition) is 5. The molecule has 3 atom stereocenters. The molecule has 1 heterocycles. The number of nitrogens with zero attached hydrogens (tertiary/aromatic N) is 2. The van der Waals surface area contributed by atoms with Crippen molar-refractivity contribution < 1.29 is 23.3 Å². The van der Waals surface area contributed by atoms with Gasteiger partial charge in [0.1, 0.15) is 0 Å². The molecule has 8 N–H and O–H groups in total. The van der Waals surface area contributed by atoms with E-state index < -0.39 is 34.8 Å². The first kappa shape index (κ1) is 22.3. The van der Waals surface area contributed by atoms with Crippen molar-refractivity contribution in [3.63, 3.8) is 0 Å². The Balaban J connectivity index is 2.90. The van der Waals surface area contributed by atoms with Crippen molar-refractivity contribution in [1.29, 1.82) is 0 Å². The maximum atomic E-state index is 12.8. The summed E-state index contributed by atoms with van der Waals surface area (Å²) in [5.74, 6) is -0.895. The molecule has 1 fully saturated rings. The molecule has 1 rings (SSSR count). The predicted octanol–water partition coefficient (Wildman–Crippen LogP) is -2.73. The Bertz CT molecular complexity index is 559. The average Bonchev–Trinajstić information content (AvgIpc) is 2.82. The highest BCUT2D eigenvalue weighted by Crippen LogP contribution is 2.32. The zero-order valence-electron chi connectivity index (χ0n) is 14.8. The van der Waals surface area contributed by atoms with Crippen LogP contribution in [0, 0.1) is 5.92 Å². The van der Waals surface area contributed by atoms with E-state index in [-0.39, 0.29) is 38.4 Å². The molecule has 10 nitrogen and oxygen atoms in total. The zero-order chi connectivity index (χ0) is 19.4. The van der Waals surface area contributed by atoms with E-state index in [1.807, 2.05) is 0 Å². The van der Waals surface area contributed by atoms with Crippen LogP contribution in [0.2, 0.25) is 6.32 Å². The van der Waals surface area contributed by atoms with Crippen LogP contribution in [0.1, 0.15) is 26.7 Å². The van der Waals surface area contributed by atoms with Crippen LogP contribution in [0.25, 0.3) is 0 Å². The van der Waals surface area contributed by atoms with Gasteiger partial charge >= 0.3 is 17.3 Å². The van der Waals surface area contributed by atoms with Gasteiger partial charge in [-0.2, -0.15) is 12.7 Å². The lowest BCUT2D eigenvalue weighted by atomic mass is 9.79. The quantitative estimate of drug-likeness (QED) is 0.268. The summed E-state index contributed by atoms with van der Waals surface area (Å²) in [4.78, 5) is 12.2. The van der Waals surface area contributed by atoms with E-state index in [2.05, 4.69) is 0 Å². The molecule has 0 saturated carbocycles. The first-order chi connectivity index (χ1) is 11.5. The molecule has 0 aromatic heterocycles. The minimum absolute atomic E-state index is 0.0476. The maximum absolute atomic E-state index is 12.8. The number of rotatable bonds is 9. The van der Waals surface area contributed by atoms with Gasteiger partial charge in [-0.15, -0.1) is 0 Å². The number of hydrogen-bond acceptors (Lipinski definition) is 8. The number of carbonyl (C=O) groups excluding carboxylic acids is 1. The fraction of sp³-hybridized carbons (Fsp3) is 0.923. The summed E-state index contributed by atoms with van der Waals surface area (Å²) in [6.45, 7) is 3.35. The van der Waals surface area contributed by atoms with E-state index >= 15 is 0 Å².